The van der Waals surface area contributed by atoms with Crippen molar-refractivity contribution in [2.24, 2.45) is 5.73 Å². The first-order chi connectivity index (χ1) is 7.81. The Morgan fingerprint density at radius 1 is 1.47 bits per heavy atom. The Balaban J connectivity index is 3.58. The lowest BCUT2D eigenvalue weighted by Gasteiger charge is -2.13. The number of methoxy groups -OCH3 is 1. The second-order valence-electron chi connectivity index (χ2n) is 3.07. The summed E-state index contributed by atoms with van der Waals surface area (Å²) in [7, 11) is 1.04. The standard InChI is InChI=1S/C10H7F3N2O2/c1-17-8-2-5(4-14)6(9(15)16)3-7(8)10(11,12)13/h2-3H,1H3,(H2,15,16). The van der Waals surface area contributed by atoms with Gasteiger partial charge >= 0.3 is 6.18 Å². The number of primary amides is 1. The molecule has 0 bridgehead atoms. The van der Waals surface area contributed by atoms with Gasteiger partial charge in [-0.05, 0) is 12.1 Å². The van der Waals surface area contributed by atoms with Crippen LogP contribution in [0.4, 0.5) is 13.2 Å². The Bertz CT molecular complexity index is 503. The lowest BCUT2D eigenvalue weighted by molar-refractivity contribution is -0.138. The summed E-state index contributed by atoms with van der Waals surface area (Å²) in [5.41, 5.74) is 3.00. The minimum Gasteiger partial charge on any atom is -0.496 e. The molecule has 2 N–H and O–H groups in total. The molecule has 0 atom stereocenters. The highest BCUT2D eigenvalue weighted by atomic mass is 19.4. The van der Waals surface area contributed by atoms with Crippen molar-refractivity contribution in [1.82, 2.24) is 0 Å². The van der Waals surface area contributed by atoms with Gasteiger partial charge in [-0.3, -0.25) is 4.79 Å². The number of halogens is 3. The minimum absolute atomic E-state index is 0.262. The van der Waals surface area contributed by atoms with Gasteiger partial charge in [0.05, 0.1) is 23.8 Å². The number of alkyl halides is 3. The number of carbonyl (C=O) groups is 1. The van der Waals surface area contributed by atoms with E-state index in [1.807, 2.05) is 0 Å². The molecule has 1 amide bonds. The van der Waals surface area contributed by atoms with Crippen molar-refractivity contribution in [2.75, 3.05) is 7.11 Å². The van der Waals surface area contributed by atoms with Gasteiger partial charge in [-0.25, -0.2) is 0 Å². The van der Waals surface area contributed by atoms with Gasteiger partial charge in [0, 0.05) is 0 Å². The van der Waals surface area contributed by atoms with E-state index in [9.17, 15) is 18.0 Å². The number of ether oxygens (including phenoxy) is 1. The maximum atomic E-state index is 12.6. The molecular weight excluding hydrogens is 237 g/mol. The number of hydrogen-bond donors (Lipinski definition) is 1. The smallest absolute Gasteiger partial charge is 0.419 e. The zero-order chi connectivity index (χ0) is 13.2. The summed E-state index contributed by atoms with van der Waals surface area (Å²) in [6, 6.07) is 2.93. The van der Waals surface area contributed by atoms with Crippen LogP contribution in [0.1, 0.15) is 21.5 Å². The van der Waals surface area contributed by atoms with Crippen LogP contribution in [0.15, 0.2) is 12.1 Å². The molecule has 90 valence electrons. The normalized spacial score (nSPS) is 10.8. The molecule has 0 heterocycles. The molecule has 0 aliphatic rings. The third kappa shape index (κ3) is 2.47. The third-order valence-electron chi connectivity index (χ3n) is 2.03. The number of nitrogens with two attached hydrogens (primary N) is 1. The van der Waals surface area contributed by atoms with Gasteiger partial charge in [-0.15, -0.1) is 0 Å². The number of rotatable bonds is 2. The van der Waals surface area contributed by atoms with Crippen LogP contribution in [0.25, 0.3) is 0 Å². The van der Waals surface area contributed by atoms with E-state index in [1.165, 1.54) is 0 Å². The maximum absolute atomic E-state index is 12.6. The number of amides is 1. The van der Waals surface area contributed by atoms with E-state index in [4.69, 9.17) is 11.0 Å². The molecule has 7 heteroatoms. The van der Waals surface area contributed by atoms with Crippen molar-refractivity contribution in [3.05, 3.63) is 28.8 Å². The lowest BCUT2D eigenvalue weighted by atomic mass is 10.0. The van der Waals surface area contributed by atoms with Crippen LogP contribution in [-0.2, 0) is 6.18 Å². The highest BCUT2D eigenvalue weighted by Gasteiger charge is 2.35. The van der Waals surface area contributed by atoms with Gasteiger partial charge in [-0.1, -0.05) is 0 Å². The molecule has 0 saturated heterocycles. The fraction of sp³-hybridized carbons (Fsp3) is 0.200. The van der Waals surface area contributed by atoms with E-state index < -0.39 is 29.0 Å². The lowest BCUT2D eigenvalue weighted by Crippen LogP contribution is -2.16. The van der Waals surface area contributed by atoms with E-state index in [0.29, 0.717) is 6.07 Å². The highest BCUT2D eigenvalue weighted by Crippen LogP contribution is 2.37. The second-order valence-corrected chi connectivity index (χ2v) is 3.07. The molecule has 1 rings (SSSR count). The molecule has 0 aromatic heterocycles. The number of benzene rings is 1. The zero-order valence-electron chi connectivity index (χ0n) is 8.63. The molecule has 4 nitrogen and oxygen atoms in total. The van der Waals surface area contributed by atoms with Crippen molar-refractivity contribution in [3.63, 3.8) is 0 Å². The number of carbonyl (C=O) groups excluding carboxylic acids is 1. The molecule has 0 radical (unpaired) electrons. The topological polar surface area (TPSA) is 76.1 Å². The minimum atomic E-state index is -4.69. The summed E-state index contributed by atoms with van der Waals surface area (Å²) >= 11 is 0. The molecule has 0 aliphatic heterocycles. The first-order valence-electron chi connectivity index (χ1n) is 4.30. The summed E-state index contributed by atoms with van der Waals surface area (Å²) in [6.45, 7) is 0. The zero-order valence-corrected chi connectivity index (χ0v) is 8.63. The fourth-order valence-corrected chi connectivity index (χ4v) is 1.27. The van der Waals surface area contributed by atoms with Crippen LogP contribution in [-0.4, -0.2) is 13.0 Å². The van der Waals surface area contributed by atoms with Gasteiger partial charge < -0.3 is 10.5 Å². The van der Waals surface area contributed by atoms with Crippen LogP contribution < -0.4 is 10.5 Å². The number of nitrogens with zero attached hydrogens (tertiary/aromatic N) is 1. The Hall–Kier alpha value is -2.23. The quantitative estimate of drug-likeness (QED) is 0.859. The molecule has 0 aliphatic carbocycles. The summed E-state index contributed by atoms with van der Waals surface area (Å²) in [4.78, 5) is 10.9. The van der Waals surface area contributed by atoms with Gasteiger partial charge in [0.1, 0.15) is 11.8 Å². The third-order valence-corrected chi connectivity index (χ3v) is 2.03. The predicted octanol–water partition coefficient (Wildman–Crippen LogP) is 1.68. The Kier molecular flexibility index (Phi) is 3.27. The summed E-state index contributed by atoms with van der Waals surface area (Å²) in [5, 5.41) is 8.69. The monoisotopic (exact) mass is 244 g/mol. The average Bonchev–Trinajstić information content (AvgIpc) is 2.25. The van der Waals surface area contributed by atoms with Crippen LogP contribution in [0.3, 0.4) is 0 Å². The molecule has 1 aromatic carbocycles. The largest absolute Gasteiger partial charge is 0.496 e. The summed E-state index contributed by atoms with van der Waals surface area (Å²) in [5.74, 6) is -1.63. The van der Waals surface area contributed by atoms with Crippen molar-refractivity contribution in [2.45, 2.75) is 6.18 Å². The van der Waals surface area contributed by atoms with E-state index >= 15 is 0 Å². The van der Waals surface area contributed by atoms with E-state index in [2.05, 4.69) is 4.74 Å². The summed E-state index contributed by atoms with van der Waals surface area (Å²) < 4.78 is 42.3. The predicted molar refractivity (Wildman–Crippen MR) is 51.2 cm³/mol. The van der Waals surface area contributed by atoms with Crippen LogP contribution in [0, 0.1) is 11.3 Å². The second kappa shape index (κ2) is 4.33. The molecular formula is C10H7F3N2O2. The molecule has 17 heavy (non-hydrogen) atoms. The van der Waals surface area contributed by atoms with Crippen molar-refractivity contribution in [3.8, 4) is 11.8 Å². The van der Waals surface area contributed by atoms with Gasteiger partial charge in [0.15, 0.2) is 0 Å². The summed E-state index contributed by atoms with van der Waals surface area (Å²) in [6.07, 6.45) is -4.69. The van der Waals surface area contributed by atoms with Gasteiger partial charge in [0.25, 0.3) is 0 Å². The number of nitriles is 1. The first-order valence-corrected chi connectivity index (χ1v) is 4.30. The van der Waals surface area contributed by atoms with E-state index in [-0.39, 0.29) is 5.56 Å². The first kappa shape index (κ1) is 12.8. The molecule has 0 saturated carbocycles. The van der Waals surface area contributed by atoms with Crippen LogP contribution >= 0.6 is 0 Å². The molecule has 0 spiro atoms. The van der Waals surface area contributed by atoms with E-state index in [0.717, 1.165) is 13.2 Å². The van der Waals surface area contributed by atoms with Crippen molar-refractivity contribution >= 4 is 5.91 Å². The fourth-order valence-electron chi connectivity index (χ4n) is 1.27. The average molecular weight is 244 g/mol. The molecule has 1 aromatic rings. The Morgan fingerprint density at radius 3 is 2.41 bits per heavy atom. The maximum Gasteiger partial charge on any atom is 0.419 e. The van der Waals surface area contributed by atoms with Crippen LogP contribution in [0.2, 0.25) is 0 Å². The van der Waals surface area contributed by atoms with Crippen molar-refractivity contribution < 1.29 is 22.7 Å². The van der Waals surface area contributed by atoms with Crippen LogP contribution in [0.5, 0.6) is 5.75 Å². The van der Waals surface area contributed by atoms with Crippen molar-refractivity contribution in [1.29, 1.82) is 5.26 Å². The van der Waals surface area contributed by atoms with E-state index in [1.54, 1.807) is 6.07 Å². The SMILES string of the molecule is COc1cc(C#N)c(C(N)=O)cc1C(F)(F)F. The highest BCUT2D eigenvalue weighted by molar-refractivity contribution is 5.95. The Labute approximate surface area is 94.4 Å². The molecule has 0 fully saturated rings. The van der Waals surface area contributed by atoms with Gasteiger partial charge in [0.2, 0.25) is 5.91 Å². The number of hydrogen-bond acceptors (Lipinski definition) is 3. The van der Waals surface area contributed by atoms with Gasteiger partial charge in [-0.2, -0.15) is 18.4 Å². The Morgan fingerprint density at radius 2 is 2.06 bits per heavy atom. The molecule has 0 unspecified atom stereocenters.